The number of para-hydroxylation sites is 1. The normalized spacial score (nSPS) is 11.3. The lowest BCUT2D eigenvalue weighted by molar-refractivity contribution is -0.116. The molecule has 0 saturated heterocycles. The molecule has 0 spiro atoms. The van der Waals surface area contributed by atoms with E-state index in [4.69, 9.17) is 22.1 Å². The fraction of sp³-hybridized carbons (Fsp3) is 0.0909. The first kappa shape index (κ1) is 20.2. The second-order valence-corrected chi connectivity index (χ2v) is 6.74. The van der Waals surface area contributed by atoms with Gasteiger partial charge in [0, 0.05) is 10.7 Å². The van der Waals surface area contributed by atoms with Crippen LogP contribution in [0.5, 0.6) is 11.5 Å². The number of halogens is 1. The van der Waals surface area contributed by atoms with Crippen LogP contribution in [-0.4, -0.2) is 11.9 Å². The summed E-state index contributed by atoms with van der Waals surface area (Å²) in [6, 6.07) is 22.0. The molecule has 4 N–H and O–H groups in total. The van der Waals surface area contributed by atoms with Crippen LogP contribution in [0.1, 0.15) is 18.0 Å². The van der Waals surface area contributed by atoms with Crippen LogP contribution >= 0.6 is 11.6 Å². The van der Waals surface area contributed by atoms with Crippen molar-refractivity contribution in [3.63, 3.8) is 0 Å². The number of carbonyl (C=O) groups is 2. The van der Waals surface area contributed by atoms with E-state index in [-0.39, 0.29) is 12.3 Å². The monoisotopic (exact) mass is 409 g/mol. The van der Waals surface area contributed by atoms with Gasteiger partial charge in [-0.2, -0.15) is 0 Å². The molecule has 0 bridgehead atoms. The van der Waals surface area contributed by atoms with Gasteiger partial charge in [0.1, 0.15) is 11.5 Å². The highest BCUT2D eigenvalue weighted by Gasteiger charge is 2.17. The number of nitrogens with two attached hydrogens (primary N) is 1. The van der Waals surface area contributed by atoms with E-state index in [2.05, 4.69) is 10.6 Å². The summed E-state index contributed by atoms with van der Waals surface area (Å²) in [7, 11) is 0. The molecule has 0 heterocycles. The van der Waals surface area contributed by atoms with E-state index in [0.29, 0.717) is 16.5 Å². The van der Waals surface area contributed by atoms with Crippen LogP contribution < -0.4 is 21.1 Å². The van der Waals surface area contributed by atoms with Crippen molar-refractivity contribution < 1.29 is 14.3 Å². The Bertz CT molecular complexity index is 961. The maximum Gasteiger partial charge on any atom is 0.312 e. The summed E-state index contributed by atoms with van der Waals surface area (Å²) < 4.78 is 5.73. The molecule has 29 heavy (non-hydrogen) atoms. The molecule has 0 radical (unpaired) electrons. The van der Waals surface area contributed by atoms with Gasteiger partial charge >= 0.3 is 6.03 Å². The lowest BCUT2D eigenvalue weighted by Crippen LogP contribution is -2.35. The van der Waals surface area contributed by atoms with Crippen molar-refractivity contribution in [1.82, 2.24) is 5.32 Å². The van der Waals surface area contributed by atoms with E-state index in [0.717, 1.165) is 11.3 Å². The number of anilines is 1. The standard InChI is InChI=1S/C22H20ClN3O3/c23-16-8-6-15(7-9-16)20(26-22(24)28)14-21(27)25-17-10-12-19(13-11-17)29-18-4-2-1-3-5-18/h1-13,20H,14H2,(H,25,27)(H3,24,26,28)/t20-/m0/s1. The second-order valence-electron chi connectivity index (χ2n) is 6.30. The summed E-state index contributed by atoms with van der Waals surface area (Å²) in [5, 5.41) is 5.95. The number of primary amides is 1. The van der Waals surface area contributed by atoms with Crippen LogP contribution in [0.3, 0.4) is 0 Å². The van der Waals surface area contributed by atoms with Gasteiger partial charge in [0.2, 0.25) is 5.91 Å². The maximum absolute atomic E-state index is 12.5. The number of nitrogens with one attached hydrogen (secondary N) is 2. The Morgan fingerprint density at radius 1 is 0.897 bits per heavy atom. The summed E-state index contributed by atoms with van der Waals surface area (Å²) in [6.07, 6.45) is 0.0207. The summed E-state index contributed by atoms with van der Waals surface area (Å²) in [5.41, 5.74) is 6.59. The molecule has 148 valence electrons. The molecule has 3 rings (SSSR count). The quantitative estimate of drug-likeness (QED) is 0.519. The number of benzene rings is 3. The third kappa shape index (κ3) is 6.26. The Labute approximate surface area is 173 Å². The molecule has 7 heteroatoms. The molecule has 0 unspecified atom stereocenters. The fourth-order valence-electron chi connectivity index (χ4n) is 2.75. The summed E-state index contributed by atoms with van der Waals surface area (Å²) >= 11 is 5.90. The molecule has 3 aromatic carbocycles. The fourth-order valence-corrected chi connectivity index (χ4v) is 2.87. The molecule has 0 aliphatic rings. The maximum atomic E-state index is 12.5. The molecule has 0 aliphatic heterocycles. The number of hydrogen-bond acceptors (Lipinski definition) is 3. The number of carbonyl (C=O) groups excluding carboxylic acids is 2. The molecular formula is C22H20ClN3O3. The number of hydrogen-bond donors (Lipinski definition) is 3. The minimum absolute atomic E-state index is 0.0207. The lowest BCUT2D eigenvalue weighted by atomic mass is 10.0. The van der Waals surface area contributed by atoms with E-state index in [1.165, 1.54) is 0 Å². The van der Waals surface area contributed by atoms with Gasteiger partial charge in [-0.25, -0.2) is 4.79 Å². The molecule has 1 atom stereocenters. The minimum Gasteiger partial charge on any atom is -0.457 e. The van der Waals surface area contributed by atoms with Crippen LogP contribution in [0.2, 0.25) is 5.02 Å². The highest BCUT2D eigenvalue weighted by Crippen LogP contribution is 2.24. The zero-order chi connectivity index (χ0) is 20.6. The third-order valence-electron chi connectivity index (χ3n) is 4.10. The molecule has 3 amide bonds. The number of rotatable bonds is 7. The van der Waals surface area contributed by atoms with E-state index in [1.807, 2.05) is 30.3 Å². The first-order valence-corrected chi connectivity index (χ1v) is 9.31. The third-order valence-corrected chi connectivity index (χ3v) is 4.35. The summed E-state index contributed by atoms with van der Waals surface area (Å²) in [4.78, 5) is 23.8. The van der Waals surface area contributed by atoms with Gasteiger partial charge < -0.3 is 21.1 Å². The Hall–Kier alpha value is -3.51. The van der Waals surface area contributed by atoms with Gasteiger partial charge in [-0.15, -0.1) is 0 Å². The topological polar surface area (TPSA) is 93.5 Å². The van der Waals surface area contributed by atoms with Crippen molar-refractivity contribution in [2.45, 2.75) is 12.5 Å². The Kier molecular flexibility index (Phi) is 6.71. The lowest BCUT2D eigenvalue weighted by Gasteiger charge is -2.18. The molecule has 6 nitrogen and oxygen atoms in total. The highest BCUT2D eigenvalue weighted by atomic mass is 35.5. The van der Waals surface area contributed by atoms with Crippen molar-refractivity contribution in [3.8, 4) is 11.5 Å². The molecule has 0 aromatic heterocycles. The van der Waals surface area contributed by atoms with Crippen molar-refractivity contribution in [2.75, 3.05) is 5.32 Å². The predicted octanol–water partition coefficient (Wildman–Crippen LogP) is 4.87. The van der Waals surface area contributed by atoms with Crippen LogP contribution in [0, 0.1) is 0 Å². The number of urea groups is 1. The zero-order valence-electron chi connectivity index (χ0n) is 15.5. The van der Waals surface area contributed by atoms with Crippen molar-refractivity contribution >= 4 is 29.2 Å². The number of amides is 3. The van der Waals surface area contributed by atoms with E-state index in [1.54, 1.807) is 48.5 Å². The minimum atomic E-state index is -0.708. The summed E-state index contributed by atoms with van der Waals surface area (Å²) in [5.74, 6) is 1.12. The van der Waals surface area contributed by atoms with Crippen molar-refractivity contribution in [3.05, 3.63) is 89.4 Å². The molecule has 0 fully saturated rings. The Balaban J connectivity index is 1.62. The number of ether oxygens (including phenoxy) is 1. The van der Waals surface area contributed by atoms with Crippen LogP contribution in [0.25, 0.3) is 0 Å². The Morgan fingerprint density at radius 2 is 1.52 bits per heavy atom. The van der Waals surface area contributed by atoms with Gasteiger partial charge in [-0.05, 0) is 54.1 Å². The average Bonchev–Trinajstić information content (AvgIpc) is 2.70. The molecule has 0 saturated carbocycles. The van der Waals surface area contributed by atoms with E-state index < -0.39 is 12.1 Å². The van der Waals surface area contributed by atoms with Crippen LogP contribution in [0.15, 0.2) is 78.9 Å². The largest absolute Gasteiger partial charge is 0.457 e. The zero-order valence-corrected chi connectivity index (χ0v) is 16.2. The van der Waals surface area contributed by atoms with E-state index in [9.17, 15) is 9.59 Å². The first-order valence-electron chi connectivity index (χ1n) is 8.94. The van der Waals surface area contributed by atoms with Crippen molar-refractivity contribution in [1.29, 1.82) is 0 Å². The van der Waals surface area contributed by atoms with Crippen LogP contribution in [-0.2, 0) is 4.79 Å². The molecular weight excluding hydrogens is 390 g/mol. The SMILES string of the molecule is NC(=O)N[C@@H](CC(=O)Nc1ccc(Oc2ccccc2)cc1)c1ccc(Cl)cc1. The van der Waals surface area contributed by atoms with E-state index >= 15 is 0 Å². The van der Waals surface area contributed by atoms with Gasteiger partial charge in [-0.1, -0.05) is 41.9 Å². The smallest absolute Gasteiger partial charge is 0.312 e. The summed E-state index contributed by atoms with van der Waals surface area (Å²) in [6.45, 7) is 0. The second kappa shape index (κ2) is 9.61. The van der Waals surface area contributed by atoms with Gasteiger partial charge in [0.15, 0.2) is 0 Å². The molecule has 3 aromatic rings. The first-order chi connectivity index (χ1) is 14.0. The van der Waals surface area contributed by atoms with Gasteiger partial charge in [-0.3, -0.25) is 4.79 Å². The van der Waals surface area contributed by atoms with Crippen LogP contribution in [0.4, 0.5) is 10.5 Å². The van der Waals surface area contributed by atoms with Gasteiger partial charge in [0.25, 0.3) is 0 Å². The van der Waals surface area contributed by atoms with Gasteiger partial charge in [0.05, 0.1) is 12.5 Å². The van der Waals surface area contributed by atoms with Crippen molar-refractivity contribution in [2.24, 2.45) is 5.73 Å². The Morgan fingerprint density at radius 3 is 2.14 bits per heavy atom. The predicted molar refractivity (Wildman–Crippen MR) is 113 cm³/mol. The average molecular weight is 410 g/mol. The highest BCUT2D eigenvalue weighted by molar-refractivity contribution is 6.30. The molecule has 0 aliphatic carbocycles.